The number of nitrogens with one attached hydrogen (secondary N) is 1. The van der Waals surface area contributed by atoms with E-state index < -0.39 is 0 Å². The summed E-state index contributed by atoms with van der Waals surface area (Å²) in [5, 5.41) is 7.76. The lowest BCUT2D eigenvalue weighted by atomic mass is 10.1. The highest BCUT2D eigenvalue weighted by Gasteiger charge is 2.13. The van der Waals surface area contributed by atoms with Crippen LogP contribution < -0.4 is 10.6 Å². The molecular formula is C17H21N3. The zero-order valence-corrected chi connectivity index (χ0v) is 11.8. The molecule has 3 nitrogen and oxygen atoms in total. The molecule has 0 aromatic heterocycles. The normalized spacial score (nSPS) is 10.2. The first-order chi connectivity index (χ1) is 9.74. The van der Waals surface area contributed by atoms with Crippen molar-refractivity contribution in [1.82, 2.24) is 0 Å². The van der Waals surface area contributed by atoms with E-state index in [2.05, 4.69) is 24.0 Å². The van der Waals surface area contributed by atoms with Crippen molar-refractivity contribution in [2.24, 2.45) is 5.73 Å². The summed E-state index contributed by atoms with van der Waals surface area (Å²) in [5.41, 5.74) is 8.63. The van der Waals surface area contributed by atoms with Gasteiger partial charge >= 0.3 is 0 Å². The molecule has 0 saturated carbocycles. The second-order valence-corrected chi connectivity index (χ2v) is 4.77. The molecule has 0 fully saturated rings. The highest BCUT2D eigenvalue weighted by Crippen LogP contribution is 2.28. The zero-order chi connectivity index (χ0) is 14.4. The second-order valence-electron chi connectivity index (χ2n) is 4.77. The topological polar surface area (TPSA) is 53.1 Å². The Morgan fingerprint density at radius 3 is 2.35 bits per heavy atom. The van der Waals surface area contributed by atoms with Crippen molar-refractivity contribution in [2.45, 2.75) is 19.8 Å². The molecule has 0 amide bonds. The quantitative estimate of drug-likeness (QED) is 0.616. The minimum absolute atomic E-state index is 0.109. The molecule has 0 aliphatic heterocycles. The first-order valence-corrected chi connectivity index (χ1v) is 7.00. The van der Waals surface area contributed by atoms with Crippen molar-refractivity contribution in [2.75, 3.05) is 11.4 Å². The molecule has 2 aromatic carbocycles. The van der Waals surface area contributed by atoms with Gasteiger partial charge in [0.15, 0.2) is 0 Å². The molecule has 3 heteroatoms. The van der Waals surface area contributed by atoms with Crippen LogP contribution in [0.5, 0.6) is 0 Å². The van der Waals surface area contributed by atoms with Crippen LogP contribution in [0.25, 0.3) is 0 Å². The van der Waals surface area contributed by atoms with Gasteiger partial charge in [-0.3, -0.25) is 5.41 Å². The molecule has 0 heterocycles. The molecule has 104 valence electrons. The van der Waals surface area contributed by atoms with E-state index in [-0.39, 0.29) is 5.84 Å². The number of amidine groups is 1. The van der Waals surface area contributed by atoms with Crippen LogP contribution >= 0.6 is 0 Å². The Bertz CT molecular complexity index is 563. The van der Waals surface area contributed by atoms with Gasteiger partial charge in [0.1, 0.15) is 5.84 Å². The smallest absolute Gasteiger partial charge is 0.124 e. The van der Waals surface area contributed by atoms with E-state index in [4.69, 9.17) is 11.1 Å². The molecule has 0 aliphatic carbocycles. The van der Waals surface area contributed by atoms with Gasteiger partial charge in [-0.1, -0.05) is 43.7 Å². The molecule has 0 spiro atoms. The monoisotopic (exact) mass is 267 g/mol. The lowest BCUT2D eigenvalue weighted by molar-refractivity contribution is 0.785. The van der Waals surface area contributed by atoms with E-state index in [1.807, 2.05) is 42.5 Å². The summed E-state index contributed by atoms with van der Waals surface area (Å²) in [4.78, 5) is 2.24. The van der Waals surface area contributed by atoms with Gasteiger partial charge in [-0.2, -0.15) is 0 Å². The van der Waals surface area contributed by atoms with E-state index in [1.165, 1.54) is 0 Å². The van der Waals surface area contributed by atoms with Crippen LogP contribution in [0.3, 0.4) is 0 Å². The predicted octanol–water partition coefficient (Wildman–Crippen LogP) is 3.91. The number of para-hydroxylation sites is 2. The molecule has 0 bridgehead atoms. The first kappa shape index (κ1) is 14.1. The Labute approximate surface area is 120 Å². The molecule has 20 heavy (non-hydrogen) atoms. The average molecular weight is 267 g/mol. The minimum Gasteiger partial charge on any atom is -0.384 e. The summed E-state index contributed by atoms with van der Waals surface area (Å²) in [5.74, 6) is 0.109. The third-order valence-corrected chi connectivity index (χ3v) is 3.29. The molecule has 2 rings (SSSR count). The summed E-state index contributed by atoms with van der Waals surface area (Å²) in [6.07, 6.45) is 2.23. The number of hydrogen-bond donors (Lipinski definition) is 2. The van der Waals surface area contributed by atoms with Crippen molar-refractivity contribution in [3.05, 3.63) is 60.2 Å². The predicted molar refractivity (Wildman–Crippen MR) is 85.8 cm³/mol. The summed E-state index contributed by atoms with van der Waals surface area (Å²) in [6, 6.07) is 18.1. The fourth-order valence-corrected chi connectivity index (χ4v) is 2.25. The number of hydrogen-bond acceptors (Lipinski definition) is 2. The molecule has 0 saturated heterocycles. The van der Waals surface area contributed by atoms with Gasteiger partial charge in [0, 0.05) is 17.8 Å². The van der Waals surface area contributed by atoms with Gasteiger partial charge in [-0.05, 0) is 30.7 Å². The third-order valence-electron chi connectivity index (χ3n) is 3.29. The van der Waals surface area contributed by atoms with E-state index in [9.17, 15) is 0 Å². The van der Waals surface area contributed by atoms with Crippen molar-refractivity contribution in [1.29, 1.82) is 5.41 Å². The van der Waals surface area contributed by atoms with Crippen molar-refractivity contribution in [3.8, 4) is 0 Å². The van der Waals surface area contributed by atoms with Gasteiger partial charge in [-0.25, -0.2) is 0 Å². The molecule has 0 aliphatic rings. The van der Waals surface area contributed by atoms with Crippen LogP contribution in [0.2, 0.25) is 0 Å². The van der Waals surface area contributed by atoms with Gasteiger partial charge in [0.05, 0.1) is 5.69 Å². The highest BCUT2D eigenvalue weighted by molar-refractivity contribution is 6.01. The van der Waals surface area contributed by atoms with E-state index in [1.54, 1.807) is 0 Å². The summed E-state index contributed by atoms with van der Waals surface area (Å²) >= 11 is 0. The summed E-state index contributed by atoms with van der Waals surface area (Å²) in [6.45, 7) is 3.10. The number of benzene rings is 2. The number of nitrogens with zero attached hydrogens (tertiary/aromatic N) is 1. The van der Waals surface area contributed by atoms with Crippen molar-refractivity contribution < 1.29 is 0 Å². The molecule has 0 atom stereocenters. The van der Waals surface area contributed by atoms with E-state index in [0.717, 1.165) is 36.3 Å². The van der Waals surface area contributed by atoms with Crippen LogP contribution in [0.15, 0.2) is 54.6 Å². The van der Waals surface area contributed by atoms with Gasteiger partial charge in [-0.15, -0.1) is 0 Å². The van der Waals surface area contributed by atoms with Crippen LogP contribution in [0, 0.1) is 5.41 Å². The minimum atomic E-state index is 0.109. The lowest BCUT2D eigenvalue weighted by Crippen LogP contribution is -2.23. The standard InChI is InChI=1S/C17H21N3/c1-2-3-13-20(14-9-5-4-6-10-14)16-12-8-7-11-15(16)17(18)19/h4-12H,2-3,13H2,1H3,(H3,18,19). The Morgan fingerprint density at radius 1 is 1.05 bits per heavy atom. The Morgan fingerprint density at radius 2 is 1.70 bits per heavy atom. The van der Waals surface area contributed by atoms with Crippen LogP contribution in [-0.4, -0.2) is 12.4 Å². The summed E-state index contributed by atoms with van der Waals surface area (Å²) < 4.78 is 0. The molecule has 2 aromatic rings. The lowest BCUT2D eigenvalue weighted by Gasteiger charge is -2.27. The maximum atomic E-state index is 7.76. The number of nitrogen functional groups attached to an aromatic ring is 1. The van der Waals surface area contributed by atoms with Crippen LogP contribution in [-0.2, 0) is 0 Å². The molecule has 0 radical (unpaired) electrons. The van der Waals surface area contributed by atoms with Crippen LogP contribution in [0.4, 0.5) is 11.4 Å². The van der Waals surface area contributed by atoms with Gasteiger partial charge < -0.3 is 10.6 Å². The van der Waals surface area contributed by atoms with Gasteiger partial charge in [0.25, 0.3) is 0 Å². The maximum absolute atomic E-state index is 7.76. The number of unbranched alkanes of at least 4 members (excludes halogenated alkanes) is 1. The number of nitrogens with two attached hydrogens (primary N) is 1. The highest BCUT2D eigenvalue weighted by atomic mass is 15.1. The van der Waals surface area contributed by atoms with Crippen molar-refractivity contribution in [3.63, 3.8) is 0 Å². The first-order valence-electron chi connectivity index (χ1n) is 7.00. The molecule has 3 N–H and O–H groups in total. The Kier molecular flexibility index (Phi) is 4.77. The second kappa shape index (κ2) is 6.75. The third kappa shape index (κ3) is 3.18. The maximum Gasteiger partial charge on any atom is 0.124 e. The Hall–Kier alpha value is -2.29. The molecular weight excluding hydrogens is 246 g/mol. The zero-order valence-electron chi connectivity index (χ0n) is 11.8. The van der Waals surface area contributed by atoms with E-state index >= 15 is 0 Å². The summed E-state index contributed by atoms with van der Waals surface area (Å²) in [7, 11) is 0. The SMILES string of the molecule is CCCCN(c1ccccc1)c1ccccc1C(=N)N. The fourth-order valence-electron chi connectivity index (χ4n) is 2.25. The number of anilines is 2. The van der Waals surface area contributed by atoms with Crippen molar-refractivity contribution >= 4 is 17.2 Å². The number of rotatable bonds is 6. The fraction of sp³-hybridized carbons (Fsp3) is 0.235. The largest absolute Gasteiger partial charge is 0.384 e. The molecule has 0 unspecified atom stereocenters. The van der Waals surface area contributed by atoms with Gasteiger partial charge in [0.2, 0.25) is 0 Å². The average Bonchev–Trinajstić information content (AvgIpc) is 2.49. The Balaban J connectivity index is 2.44. The van der Waals surface area contributed by atoms with Crippen LogP contribution in [0.1, 0.15) is 25.3 Å². The van der Waals surface area contributed by atoms with E-state index in [0.29, 0.717) is 0 Å².